The van der Waals surface area contributed by atoms with Gasteiger partial charge in [0, 0.05) is 19.3 Å². The first-order chi connectivity index (χ1) is 38.4. The summed E-state index contributed by atoms with van der Waals surface area (Å²) < 4.78 is 17.0. The van der Waals surface area contributed by atoms with E-state index in [0.29, 0.717) is 19.3 Å². The van der Waals surface area contributed by atoms with Gasteiger partial charge in [-0.05, 0) is 25.2 Å². The maximum absolute atomic E-state index is 13.0. The van der Waals surface area contributed by atoms with Crippen LogP contribution < -0.4 is 0 Å². The number of unbranched alkanes of at least 4 members (excludes halogenated alkanes) is 53. The van der Waals surface area contributed by atoms with Crippen molar-refractivity contribution in [2.75, 3.05) is 13.2 Å². The highest BCUT2D eigenvalue weighted by Crippen LogP contribution is 2.20. The zero-order valence-electron chi connectivity index (χ0n) is 53.7. The topological polar surface area (TPSA) is 78.9 Å². The van der Waals surface area contributed by atoms with E-state index in [1.54, 1.807) is 0 Å². The Labute approximate surface area is 488 Å². The number of ether oxygens (including phenoxy) is 3. The maximum Gasteiger partial charge on any atom is 0.306 e. The van der Waals surface area contributed by atoms with Gasteiger partial charge in [0.05, 0.1) is 0 Å². The van der Waals surface area contributed by atoms with Crippen LogP contribution in [0.5, 0.6) is 0 Å². The third-order valence-corrected chi connectivity index (χ3v) is 17.2. The summed E-state index contributed by atoms with van der Waals surface area (Å²) >= 11 is 0. The number of carbonyl (C=O) groups excluding carboxylic acids is 3. The van der Waals surface area contributed by atoms with Crippen LogP contribution in [-0.4, -0.2) is 37.2 Å². The van der Waals surface area contributed by atoms with Gasteiger partial charge in [0.15, 0.2) is 6.10 Å². The molecule has 0 aliphatic rings. The van der Waals surface area contributed by atoms with Crippen molar-refractivity contribution in [3.05, 3.63) is 0 Å². The summed E-state index contributed by atoms with van der Waals surface area (Å²) in [6, 6.07) is 0. The Balaban J connectivity index is 4.27. The van der Waals surface area contributed by atoms with Gasteiger partial charge in [-0.1, -0.05) is 381 Å². The molecule has 0 N–H and O–H groups in total. The molecule has 0 saturated heterocycles. The quantitative estimate of drug-likeness (QED) is 0.0343. The first kappa shape index (κ1) is 76.4. The normalized spacial score (nSPS) is 12.3. The highest BCUT2D eigenvalue weighted by atomic mass is 16.6. The van der Waals surface area contributed by atoms with Crippen LogP contribution in [-0.2, 0) is 28.6 Å². The van der Waals surface area contributed by atoms with E-state index in [0.717, 1.165) is 63.7 Å². The largest absolute Gasteiger partial charge is 0.462 e. The minimum absolute atomic E-state index is 0.0604. The molecule has 0 aliphatic carbocycles. The van der Waals surface area contributed by atoms with Crippen molar-refractivity contribution in [2.24, 2.45) is 5.92 Å². The van der Waals surface area contributed by atoms with Crippen molar-refractivity contribution in [3.63, 3.8) is 0 Å². The highest BCUT2D eigenvalue weighted by molar-refractivity contribution is 5.71. The average Bonchev–Trinajstić information content (AvgIpc) is 3.44. The van der Waals surface area contributed by atoms with Crippen LogP contribution in [0.1, 0.15) is 419 Å². The summed E-state index contributed by atoms with van der Waals surface area (Å²) in [4.78, 5) is 38.5. The minimum Gasteiger partial charge on any atom is -0.462 e. The molecule has 0 aromatic heterocycles. The van der Waals surface area contributed by atoms with Gasteiger partial charge in [-0.15, -0.1) is 0 Å². The Morgan fingerprint density at radius 3 is 0.667 bits per heavy atom. The third-order valence-electron chi connectivity index (χ3n) is 17.2. The van der Waals surface area contributed by atoms with E-state index in [4.69, 9.17) is 14.2 Å². The fourth-order valence-electron chi connectivity index (χ4n) is 11.4. The Bertz CT molecular complexity index is 1190. The summed E-state index contributed by atoms with van der Waals surface area (Å²) in [5, 5.41) is 0. The molecular formula is C72H140O6. The van der Waals surface area contributed by atoms with Crippen molar-refractivity contribution < 1.29 is 28.6 Å². The molecule has 0 aromatic carbocycles. The molecule has 0 radical (unpaired) electrons. The molecule has 0 fully saturated rings. The second-order valence-electron chi connectivity index (χ2n) is 25.1. The van der Waals surface area contributed by atoms with Gasteiger partial charge in [0.2, 0.25) is 0 Å². The second-order valence-corrected chi connectivity index (χ2v) is 25.1. The second kappa shape index (κ2) is 66.2. The molecule has 0 heterocycles. The average molecular weight is 1100 g/mol. The predicted molar refractivity (Wildman–Crippen MR) is 340 cm³/mol. The Hall–Kier alpha value is -1.59. The molecule has 0 aromatic rings. The van der Waals surface area contributed by atoms with Crippen molar-refractivity contribution in [2.45, 2.75) is 425 Å². The molecule has 2 atom stereocenters. The lowest BCUT2D eigenvalue weighted by Gasteiger charge is -2.18. The van der Waals surface area contributed by atoms with Crippen LogP contribution in [0, 0.1) is 5.92 Å². The number of carbonyl (C=O) groups is 3. The van der Waals surface area contributed by atoms with Gasteiger partial charge in [-0.3, -0.25) is 14.4 Å². The monoisotopic (exact) mass is 1100 g/mol. The third kappa shape index (κ3) is 63.6. The number of rotatable bonds is 67. The minimum atomic E-state index is -0.764. The Morgan fingerprint density at radius 2 is 0.449 bits per heavy atom. The Morgan fingerprint density at radius 1 is 0.256 bits per heavy atom. The lowest BCUT2D eigenvalue weighted by atomic mass is 9.99. The molecule has 6 heteroatoms. The van der Waals surface area contributed by atoms with Crippen LogP contribution >= 0.6 is 0 Å². The smallest absolute Gasteiger partial charge is 0.306 e. The van der Waals surface area contributed by atoms with E-state index < -0.39 is 6.10 Å². The van der Waals surface area contributed by atoms with Gasteiger partial charge >= 0.3 is 17.9 Å². The van der Waals surface area contributed by atoms with Gasteiger partial charge < -0.3 is 14.2 Å². The fraction of sp³-hybridized carbons (Fsp3) is 0.958. The van der Waals surface area contributed by atoms with Gasteiger partial charge in [0.25, 0.3) is 0 Å². The lowest BCUT2D eigenvalue weighted by molar-refractivity contribution is -0.167. The standard InChI is InChI=1S/C72H140O6/c1-5-8-10-12-14-16-18-20-22-24-26-31-35-39-43-47-51-55-59-63-70(73)76-66-69(78-72(75)65-61-57-53-49-45-41-37-33-27-25-23-21-19-17-15-13-11-9-6-2)67-77-71(74)64-60-56-52-48-44-40-36-32-29-28-30-34-38-42-46-50-54-58-62-68(4)7-3/h68-69H,5-67H2,1-4H3/t68?,69-/m1/s1. The van der Waals surface area contributed by atoms with Crippen molar-refractivity contribution >= 4 is 17.9 Å². The molecule has 0 aliphatic heterocycles. The molecule has 0 rings (SSSR count). The van der Waals surface area contributed by atoms with Crippen molar-refractivity contribution in [1.29, 1.82) is 0 Å². The summed E-state index contributed by atoms with van der Waals surface area (Å²) in [5.41, 5.74) is 0. The van der Waals surface area contributed by atoms with Gasteiger partial charge in [-0.25, -0.2) is 0 Å². The molecule has 0 saturated carbocycles. The van der Waals surface area contributed by atoms with Crippen LogP contribution in [0.15, 0.2) is 0 Å². The van der Waals surface area contributed by atoms with E-state index in [9.17, 15) is 14.4 Å². The van der Waals surface area contributed by atoms with Crippen LogP contribution in [0.3, 0.4) is 0 Å². The molecular weight excluding hydrogens is 961 g/mol. The first-order valence-electron chi connectivity index (χ1n) is 35.9. The van der Waals surface area contributed by atoms with E-state index >= 15 is 0 Å². The molecule has 0 spiro atoms. The molecule has 0 amide bonds. The lowest BCUT2D eigenvalue weighted by Crippen LogP contribution is -2.30. The fourth-order valence-corrected chi connectivity index (χ4v) is 11.4. The van der Waals surface area contributed by atoms with E-state index in [-0.39, 0.29) is 31.1 Å². The number of hydrogen-bond acceptors (Lipinski definition) is 6. The van der Waals surface area contributed by atoms with E-state index in [1.165, 1.54) is 315 Å². The molecule has 0 bridgehead atoms. The van der Waals surface area contributed by atoms with Crippen LogP contribution in [0.25, 0.3) is 0 Å². The van der Waals surface area contributed by atoms with Gasteiger partial charge in [-0.2, -0.15) is 0 Å². The zero-order valence-corrected chi connectivity index (χ0v) is 53.7. The van der Waals surface area contributed by atoms with E-state index in [2.05, 4.69) is 27.7 Å². The summed E-state index contributed by atoms with van der Waals surface area (Å²) in [6.45, 7) is 9.16. The molecule has 6 nitrogen and oxygen atoms in total. The van der Waals surface area contributed by atoms with E-state index in [1.807, 2.05) is 0 Å². The molecule has 464 valence electrons. The van der Waals surface area contributed by atoms with Crippen molar-refractivity contribution in [1.82, 2.24) is 0 Å². The zero-order chi connectivity index (χ0) is 56.6. The van der Waals surface area contributed by atoms with Crippen molar-refractivity contribution in [3.8, 4) is 0 Å². The predicted octanol–water partition coefficient (Wildman–Crippen LogP) is 24.5. The van der Waals surface area contributed by atoms with Gasteiger partial charge in [0.1, 0.15) is 13.2 Å². The summed E-state index contributed by atoms with van der Waals surface area (Å²) in [7, 11) is 0. The van der Waals surface area contributed by atoms with Crippen LogP contribution in [0.4, 0.5) is 0 Å². The Kier molecular flexibility index (Phi) is 64.9. The highest BCUT2D eigenvalue weighted by Gasteiger charge is 2.20. The maximum atomic E-state index is 13.0. The molecule has 78 heavy (non-hydrogen) atoms. The summed E-state index contributed by atoms with van der Waals surface area (Å²) in [5.74, 6) is 0.0913. The SMILES string of the molecule is CCCCCCCCCCCCCCCCCCCCCC(=O)OC[C@H](COC(=O)CCCCCCCCCCCCCCCCCCCCC(C)CC)OC(=O)CCCCCCCCCCCCCCCCCCCCC. The van der Waals surface area contributed by atoms with Crippen LogP contribution in [0.2, 0.25) is 0 Å². The summed E-state index contributed by atoms with van der Waals surface area (Å²) in [6.07, 6.45) is 76.9. The molecule has 1 unspecified atom stereocenters. The first-order valence-corrected chi connectivity index (χ1v) is 35.9. The number of hydrogen-bond donors (Lipinski definition) is 0. The number of esters is 3.